The van der Waals surface area contributed by atoms with E-state index < -0.39 is 0 Å². The predicted molar refractivity (Wildman–Crippen MR) is 77.2 cm³/mol. The SMILES string of the molecule is CNC(CCSC)CCc1ccc(OC)cc1. The van der Waals surface area contributed by atoms with Crippen LogP contribution in [-0.2, 0) is 6.42 Å². The molecule has 0 saturated carbocycles. The molecule has 0 saturated heterocycles. The molecule has 17 heavy (non-hydrogen) atoms. The Bertz CT molecular complexity index is 300. The van der Waals surface area contributed by atoms with Crippen LogP contribution >= 0.6 is 11.8 Å². The molecule has 1 atom stereocenters. The van der Waals surface area contributed by atoms with Crippen LogP contribution < -0.4 is 10.1 Å². The third-order valence-electron chi connectivity index (χ3n) is 3.02. The standard InChI is InChI=1S/C14H23NOS/c1-15-13(10-11-17-3)7-4-12-5-8-14(16-2)9-6-12/h5-6,8-9,13,15H,4,7,10-11H2,1-3H3. The van der Waals surface area contributed by atoms with Crippen LogP contribution in [0.25, 0.3) is 0 Å². The number of nitrogens with one attached hydrogen (secondary N) is 1. The van der Waals surface area contributed by atoms with Crippen LogP contribution in [-0.4, -0.2) is 32.2 Å². The zero-order valence-corrected chi connectivity index (χ0v) is 11.8. The fourth-order valence-corrected chi connectivity index (χ4v) is 2.35. The number of thioether (sulfide) groups is 1. The van der Waals surface area contributed by atoms with Crippen molar-refractivity contribution in [1.29, 1.82) is 0 Å². The second-order valence-corrected chi connectivity index (χ2v) is 5.14. The Morgan fingerprint density at radius 3 is 2.47 bits per heavy atom. The molecule has 2 nitrogen and oxygen atoms in total. The van der Waals surface area contributed by atoms with Gasteiger partial charge in [-0.25, -0.2) is 0 Å². The van der Waals surface area contributed by atoms with E-state index in [1.54, 1.807) is 7.11 Å². The van der Waals surface area contributed by atoms with Crippen molar-refractivity contribution in [2.75, 3.05) is 26.2 Å². The Morgan fingerprint density at radius 1 is 1.24 bits per heavy atom. The first kappa shape index (κ1) is 14.4. The van der Waals surface area contributed by atoms with Gasteiger partial charge in [0, 0.05) is 6.04 Å². The van der Waals surface area contributed by atoms with Gasteiger partial charge in [-0.1, -0.05) is 12.1 Å². The second kappa shape index (κ2) is 8.43. The lowest BCUT2D eigenvalue weighted by atomic mass is 10.0. The van der Waals surface area contributed by atoms with Crippen molar-refractivity contribution in [1.82, 2.24) is 5.32 Å². The monoisotopic (exact) mass is 253 g/mol. The minimum Gasteiger partial charge on any atom is -0.497 e. The molecule has 0 aliphatic rings. The van der Waals surface area contributed by atoms with E-state index >= 15 is 0 Å². The number of hydrogen-bond donors (Lipinski definition) is 1. The molecule has 0 radical (unpaired) electrons. The van der Waals surface area contributed by atoms with Gasteiger partial charge < -0.3 is 10.1 Å². The normalized spacial score (nSPS) is 12.4. The maximum absolute atomic E-state index is 5.15. The number of rotatable bonds is 8. The van der Waals surface area contributed by atoms with E-state index in [1.165, 1.54) is 24.2 Å². The predicted octanol–water partition coefficient (Wildman–Crippen LogP) is 2.97. The van der Waals surface area contributed by atoms with Gasteiger partial charge in [-0.15, -0.1) is 0 Å². The molecule has 3 heteroatoms. The van der Waals surface area contributed by atoms with Crippen molar-refractivity contribution in [2.24, 2.45) is 0 Å². The second-order valence-electron chi connectivity index (χ2n) is 4.15. The van der Waals surface area contributed by atoms with Crippen molar-refractivity contribution >= 4 is 11.8 Å². The summed E-state index contributed by atoms with van der Waals surface area (Å²) in [6, 6.07) is 9.00. The molecule has 0 bridgehead atoms. The summed E-state index contributed by atoms with van der Waals surface area (Å²) in [5.74, 6) is 2.16. The first-order valence-corrected chi connectivity index (χ1v) is 7.48. The number of benzene rings is 1. The van der Waals surface area contributed by atoms with Gasteiger partial charge in [0.05, 0.1) is 7.11 Å². The highest BCUT2D eigenvalue weighted by atomic mass is 32.2. The molecule has 1 rings (SSSR count). The van der Waals surface area contributed by atoms with Gasteiger partial charge in [0.1, 0.15) is 5.75 Å². The Hall–Kier alpha value is -0.670. The maximum Gasteiger partial charge on any atom is 0.118 e. The highest BCUT2D eigenvalue weighted by molar-refractivity contribution is 7.98. The summed E-state index contributed by atoms with van der Waals surface area (Å²) < 4.78 is 5.15. The smallest absolute Gasteiger partial charge is 0.118 e. The van der Waals surface area contributed by atoms with Crippen LogP contribution in [0.15, 0.2) is 24.3 Å². The molecule has 0 aliphatic heterocycles. The molecule has 1 aromatic carbocycles. The van der Waals surface area contributed by atoms with Crippen molar-refractivity contribution in [3.05, 3.63) is 29.8 Å². The fraction of sp³-hybridized carbons (Fsp3) is 0.571. The van der Waals surface area contributed by atoms with Crippen molar-refractivity contribution in [2.45, 2.75) is 25.3 Å². The summed E-state index contributed by atoms with van der Waals surface area (Å²) in [5.41, 5.74) is 1.38. The molecular formula is C14H23NOS. The average molecular weight is 253 g/mol. The van der Waals surface area contributed by atoms with Gasteiger partial charge in [0.25, 0.3) is 0 Å². The highest BCUT2D eigenvalue weighted by Crippen LogP contribution is 2.14. The van der Waals surface area contributed by atoms with Crippen molar-refractivity contribution in [3.8, 4) is 5.75 Å². The number of hydrogen-bond acceptors (Lipinski definition) is 3. The van der Waals surface area contributed by atoms with Gasteiger partial charge in [-0.2, -0.15) is 11.8 Å². The van der Waals surface area contributed by atoms with Gasteiger partial charge in [0.15, 0.2) is 0 Å². The fourth-order valence-electron chi connectivity index (χ4n) is 1.83. The molecule has 0 spiro atoms. The van der Waals surface area contributed by atoms with Gasteiger partial charge in [-0.3, -0.25) is 0 Å². The van der Waals surface area contributed by atoms with E-state index in [9.17, 15) is 0 Å². The summed E-state index contributed by atoms with van der Waals surface area (Å²) in [4.78, 5) is 0. The van der Waals surface area contributed by atoms with Crippen LogP contribution in [0.5, 0.6) is 5.75 Å². The summed E-state index contributed by atoms with van der Waals surface area (Å²) in [7, 11) is 3.76. The molecule has 0 heterocycles. The Balaban J connectivity index is 2.36. The van der Waals surface area contributed by atoms with Crippen LogP contribution in [0.4, 0.5) is 0 Å². The van der Waals surface area contributed by atoms with Crippen LogP contribution in [0.2, 0.25) is 0 Å². The first-order valence-electron chi connectivity index (χ1n) is 6.09. The van der Waals surface area contributed by atoms with E-state index in [0.717, 1.165) is 12.2 Å². The largest absolute Gasteiger partial charge is 0.497 e. The quantitative estimate of drug-likeness (QED) is 0.769. The zero-order chi connectivity index (χ0) is 12.5. The summed E-state index contributed by atoms with van der Waals surface area (Å²) in [6.07, 6.45) is 5.73. The maximum atomic E-state index is 5.15. The van der Waals surface area contributed by atoms with Crippen LogP contribution in [0.1, 0.15) is 18.4 Å². The third-order valence-corrected chi connectivity index (χ3v) is 3.66. The minimum atomic E-state index is 0.629. The van der Waals surface area contributed by atoms with Gasteiger partial charge >= 0.3 is 0 Å². The van der Waals surface area contributed by atoms with Crippen LogP contribution in [0, 0.1) is 0 Å². The zero-order valence-electron chi connectivity index (χ0n) is 11.0. The van der Waals surface area contributed by atoms with E-state index in [0.29, 0.717) is 6.04 Å². The van der Waals surface area contributed by atoms with Gasteiger partial charge in [0.2, 0.25) is 0 Å². The number of ether oxygens (including phenoxy) is 1. The van der Waals surface area contributed by atoms with Crippen molar-refractivity contribution in [3.63, 3.8) is 0 Å². The lowest BCUT2D eigenvalue weighted by Crippen LogP contribution is -2.26. The topological polar surface area (TPSA) is 21.3 Å². The lowest BCUT2D eigenvalue weighted by Gasteiger charge is -2.15. The van der Waals surface area contributed by atoms with E-state index in [2.05, 4.69) is 30.8 Å². The first-order chi connectivity index (χ1) is 8.30. The molecule has 96 valence electrons. The molecule has 0 aromatic heterocycles. The van der Waals surface area contributed by atoms with Crippen molar-refractivity contribution < 1.29 is 4.74 Å². The molecule has 1 unspecified atom stereocenters. The Kier molecular flexibility index (Phi) is 7.13. The molecule has 1 N–H and O–H groups in total. The van der Waals surface area contributed by atoms with Gasteiger partial charge in [-0.05, 0) is 56.0 Å². The average Bonchev–Trinajstić information content (AvgIpc) is 2.39. The molecular weight excluding hydrogens is 230 g/mol. The minimum absolute atomic E-state index is 0.629. The van der Waals surface area contributed by atoms with E-state index in [4.69, 9.17) is 4.74 Å². The van der Waals surface area contributed by atoms with E-state index in [-0.39, 0.29) is 0 Å². The Labute approximate surface area is 109 Å². The molecule has 1 aromatic rings. The highest BCUT2D eigenvalue weighted by Gasteiger charge is 2.05. The molecule has 0 amide bonds. The van der Waals surface area contributed by atoms with Crippen LogP contribution in [0.3, 0.4) is 0 Å². The lowest BCUT2D eigenvalue weighted by molar-refractivity contribution is 0.414. The molecule has 0 fully saturated rings. The summed E-state index contributed by atoms with van der Waals surface area (Å²) >= 11 is 1.92. The number of aryl methyl sites for hydroxylation is 1. The summed E-state index contributed by atoms with van der Waals surface area (Å²) in [6.45, 7) is 0. The van der Waals surface area contributed by atoms with E-state index in [1.807, 2.05) is 23.9 Å². The summed E-state index contributed by atoms with van der Waals surface area (Å²) in [5, 5.41) is 3.39. The Morgan fingerprint density at radius 2 is 1.94 bits per heavy atom. The number of methoxy groups -OCH3 is 1. The third kappa shape index (κ3) is 5.46. The molecule has 0 aliphatic carbocycles.